The number of carbonyl (C=O) groups excluding carboxylic acids is 2. The molecule has 0 atom stereocenters. The van der Waals surface area contributed by atoms with Crippen LogP contribution in [0.1, 0.15) is 20.7 Å². The molecule has 10 heteroatoms. The van der Waals surface area contributed by atoms with E-state index in [9.17, 15) is 19.7 Å². The number of carbonyl (C=O) groups is 2. The van der Waals surface area contributed by atoms with Crippen molar-refractivity contribution in [3.8, 4) is 0 Å². The van der Waals surface area contributed by atoms with E-state index in [1.807, 2.05) is 0 Å². The zero-order chi connectivity index (χ0) is 18.4. The molecule has 0 saturated heterocycles. The summed E-state index contributed by atoms with van der Waals surface area (Å²) in [6.45, 7) is 0. The van der Waals surface area contributed by atoms with Gasteiger partial charge in [0.25, 0.3) is 17.5 Å². The van der Waals surface area contributed by atoms with Crippen molar-refractivity contribution in [3.05, 3.63) is 74.8 Å². The van der Waals surface area contributed by atoms with Crippen molar-refractivity contribution >= 4 is 46.4 Å². The summed E-state index contributed by atoms with van der Waals surface area (Å²) in [7, 11) is 0. The second-order valence-corrected chi connectivity index (χ2v) is 5.46. The van der Waals surface area contributed by atoms with Gasteiger partial charge in [-0.05, 0) is 36.5 Å². The Kier molecular flexibility index (Phi) is 5.98. The molecule has 0 fully saturated rings. The summed E-state index contributed by atoms with van der Waals surface area (Å²) >= 11 is 10.8. The van der Waals surface area contributed by atoms with Gasteiger partial charge in [0, 0.05) is 17.7 Å². The molecule has 2 aromatic rings. The lowest BCUT2D eigenvalue weighted by Crippen LogP contribution is -2.48. The molecule has 128 valence electrons. The number of hydrogen-bond acceptors (Lipinski definition) is 5. The van der Waals surface area contributed by atoms with Gasteiger partial charge in [0.15, 0.2) is 5.11 Å². The number of nitro groups is 1. The van der Waals surface area contributed by atoms with Gasteiger partial charge < -0.3 is 0 Å². The van der Waals surface area contributed by atoms with Crippen LogP contribution < -0.4 is 16.2 Å². The first-order chi connectivity index (χ1) is 11.9. The molecule has 0 aliphatic carbocycles. The van der Waals surface area contributed by atoms with E-state index in [1.165, 1.54) is 30.3 Å². The number of hydrogen-bond donors (Lipinski definition) is 3. The maximum atomic E-state index is 12.0. The molecular weight excluding hydrogens is 368 g/mol. The Morgan fingerprint density at radius 2 is 1.64 bits per heavy atom. The van der Waals surface area contributed by atoms with Crippen molar-refractivity contribution in [1.29, 1.82) is 0 Å². The SMILES string of the molecule is O=C(NNC(=S)NC(=O)c1ccccc1Cl)c1ccc([N+](=O)[O-])cc1. The third kappa shape index (κ3) is 4.96. The van der Waals surface area contributed by atoms with E-state index < -0.39 is 16.7 Å². The molecule has 0 aromatic heterocycles. The number of amides is 2. The van der Waals surface area contributed by atoms with Gasteiger partial charge in [0.1, 0.15) is 0 Å². The van der Waals surface area contributed by atoms with Gasteiger partial charge in [-0.15, -0.1) is 0 Å². The average Bonchev–Trinajstić information content (AvgIpc) is 2.60. The highest BCUT2D eigenvalue weighted by Gasteiger charge is 2.12. The van der Waals surface area contributed by atoms with Crippen molar-refractivity contribution in [1.82, 2.24) is 16.2 Å². The van der Waals surface area contributed by atoms with E-state index in [-0.39, 0.29) is 26.9 Å². The molecule has 0 radical (unpaired) electrons. The lowest BCUT2D eigenvalue weighted by atomic mass is 10.2. The Morgan fingerprint density at radius 3 is 2.24 bits per heavy atom. The standard InChI is InChI=1S/C15H11ClN4O4S/c16-12-4-2-1-3-11(12)14(22)17-15(25)19-18-13(21)9-5-7-10(8-6-9)20(23)24/h1-8H,(H,18,21)(H2,17,19,22,25). The van der Waals surface area contributed by atoms with Gasteiger partial charge in [-0.2, -0.15) is 0 Å². The summed E-state index contributed by atoms with van der Waals surface area (Å²) in [6, 6.07) is 11.4. The molecule has 0 unspecified atom stereocenters. The Bertz CT molecular complexity index is 842. The molecule has 8 nitrogen and oxygen atoms in total. The fourth-order valence-electron chi connectivity index (χ4n) is 1.77. The monoisotopic (exact) mass is 378 g/mol. The van der Waals surface area contributed by atoms with E-state index in [1.54, 1.807) is 18.2 Å². The molecule has 0 spiro atoms. The zero-order valence-electron chi connectivity index (χ0n) is 12.5. The first kappa shape index (κ1) is 18.3. The third-order valence-corrected chi connectivity index (χ3v) is 3.51. The molecule has 2 rings (SSSR count). The minimum absolute atomic E-state index is 0.132. The maximum Gasteiger partial charge on any atom is 0.269 e. The highest BCUT2D eigenvalue weighted by atomic mass is 35.5. The number of nitro benzene ring substituents is 1. The van der Waals surface area contributed by atoms with E-state index >= 15 is 0 Å². The molecule has 2 amide bonds. The van der Waals surface area contributed by atoms with Gasteiger partial charge >= 0.3 is 0 Å². The number of thiocarbonyl (C=S) groups is 1. The van der Waals surface area contributed by atoms with Crippen molar-refractivity contribution in [2.24, 2.45) is 0 Å². The summed E-state index contributed by atoms with van der Waals surface area (Å²) in [5.74, 6) is -1.11. The van der Waals surface area contributed by atoms with Crippen LogP contribution in [-0.2, 0) is 0 Å². The van der Waals surface area contributed by atoms with Crippen molar-refractivity contribution in [2.75, 3.05) is 0 Å². The molecule has 2 aromatic carbocycles. The lowest BCUT2D eigenvalue weighted by Gasteiger charge is -2.11. The Hall–Kier alpha value is -3.04. The second-order valence-electron chi connectivity index (χ2n) is 4.65. The number of benzene rings is 2. The van der Waals surface area contributed by atoms with Crippen molar-refractivity contribution < 1.29 is 14.5 Å². The predicted octanol–water partition coefficient (Wildman–Crippen LogP) is 2.20. The zero-order valence-corrected chi connectivity index (χ0v) is 14.1. The van der Waals surface area contributed by atoms with E-state index in [2.05, 4.69) is 16.2 Å². The van der Waals surface area contributed by atoms with Crippen LogP contribution in [0.15, 0.2) is 48.5 Å². The molecule has 0 saturated carbocycles. The average molecular weight is 379 g/mol. The number of non-ortho nitro benzene ring substituents is 1. The fraction of sp³-hybridized carbons (Fsp3) is 0. The molecule has 0 heterocycles. The highest BCUT2D eigenvalue weighted by Crippen LogP contribution is 2.14. The Balaban J connectivity index is 1.89. The first-order valence-electron chi connectivity index (χ1n) is 6.79. The summed E-state index contributed by atoms with van der Waals surface area (Å²) in [5, 5.41) is 13.1. The van der Waals surface area contributed by atoms with E-state index in [0.717, 1.165) is 0 Å². The first-order valence-corrected chi connectivity index (χ1v) is 7.58. The van der Waals surface area contributed by atoms with Gasteiger partial charge in [-0.3, -0.25) is 35.9 Å². The van der Waals surface area contributed by atoms with Gasteiger partial charge in [-0.1, -0.05) is 23.7 Å². The molecule has 3 N–H and O–H groups in total. The number of hydrazine groups is 1. The largest absolute Gasteiger partial charge is 0.298 e. The maximum absolute atomic E-state index is 12.0. The second kappa shape index (κ2) is 8.18. The quantitative estimate of drug-likeness (QED) is 0.428. The minimum atomic E-state index is -0.579. The van der Waals surface area contributed by atoms with Crippen LogP contribution >= 0.6 is 23.8 Å². The van der Waals surface area contributed by atoms with E-state index in [4.69, 9.17) is 23.8 Å². The normalized spacial score (nSPS) is 9.80. The van der Waals surface area contributed by atoms with E-state index in [0.29, 0.717) is 0 Å². The predicted molar refractivity (Wildman–Crippen MR) is 95.2 cm³/mol. The number of halogens is 1. The summed E-state index contributed by atoms with van der Waals surface area (Å²) in [6.07, 6.45) is 0. The van der Waals surface area contributed by atoms with Crippen molar-refractivity contribution in [2.45, 2.75) is 0 Å². The Morgan fingerprint density at radius 1 is 1.00 bits per heavy atom. The number of nitrogens with zero attached hydrogens (tertiary/aromatic N) is 1. The molecule has 0 aliphatic rings. The molecular formula is C15H11ClN4O4S. The molecule has 0 bridgehead atoms. The van der Waals surface area contributed by atoms with Crippen LogP contribution in [0.5, 0.6) is 0 Å². The third-order valence-electron chi connectivity index (χ3n) is 2.98. The summed E-state index contributed by atoms with van der Waals surface area (Å²) in [5.41, 5.74) is 4.91. The number of rotatable bonds is 3. The molecule has 25 heavy (non-hydrogen) atoms. The van der Waals surface area contributed by atoms with Crippen LogP contribution in [-0.4, -0.2) is 21.9 Å². The van der Waals surface area contributed by atoms with Crippen LogP contribution in [0.4, 0.5) is 5.69 Å². The van der Waals surface area contributed by atoms with Crippen LogP contribution in [0, 0.1) is 10.1 Å². The summed E-state index contributed by atoms with van der Waals surface area (Å²) in [4.78, 5) is 33.9. The number of nitrogens with one attached hydrogen (secondary N) is 3. The highest BCUT2D eigenvalue weighted by molar-refractivity contribution is 7.80. The smallest absolute Gasteiger partial charge is 0.269 e. The lowest BCUT2D eigenvalue weighted by molar-refractivity contribution is -0.384. The van der Waals surface area contributed by atoms with Gasteiger partial charge in [-0.25, -0.2) is 0 Å². The molecule has 0 aliphatic heterocycles. The Labute approximate surface area is 152 Å². The topological polar surface area (TPSA) is 113 Å². The van der Waals surface area contributed by atoms with Crippen LogP contribution in [0.25, 0.3) is 0 Å². The van der Waals surface area contributed by atoms with Gasteiger partial charge in [0.05, 0.1) is 15.5 Å². The summed E-state index contributed by atoms with van der Waals surface area (Å²) < 4.78 is 0. The minimum Gasteiger partial charge on any atom is -0.298 e. The fourth-order valence-corrected chi connectivity index (χ4v) is 2.13. The van der Waals surface area contributed by atoms with Crippen molar-refractivity contribution in [3.63, 3.8) is 0 Å². The van der Waals surface area contributed by atoms with Gasteiger partial charge in [0.2, 0.25) is 0 Å². The van der Waals surface area contributed by atoms with Crippen LogP contribution in [0.3, 0.4) is 0 Å². The van der Waals surface area contributed by atoms with Crippen LogP contribution in [0.2, 0.25) is 5.02 Å².